The molecule has 0 atom stereocenters. The van der Waals surface area contributed by atoms with E-state index in [2.05, 4.69) is 20.0 Å². The number of aromatic nitrogens is 4. The molecule has 2 heterocycles. The maximum Gasteiger partial charge on any atom is 0.240 e. The summed E-state index contributed by atoms with van der Waals surface area (Å²) in [5.74, 6) is 1.49. The van der Waals surface area contributed by atoms with Gasteiger partial charge in [0.1, 0.15) is 16.6 Å². The van der Waals surface area contributed by atoms with Crippen LogP contribution in [0.4, 0.5) is 4.39 Å². The van der Waals surface area contributed by atoms with Gasteiger partial charge in [0.05, 0.1) is 12.0 Å². The van der Waals surface area contributed by atoms with E-state index in [1.165, 1.54) is 43.1 Å². The van der Waals surface area contributed by atoms with Gasteiger partial charge >= 0.3 is 0 Å². The van der Waals surface area contributed by atoms with Gasteiger partial charge in [0.15, 0.2) is 11.5 Å². The molecule has 0 aliphatic rings. The molecule has 0 bridgehead atoms. The Hall–Kier alpha value is -3.02. The Labute approximate surface area is 188 Å². The summed E-state index contributed by atoms with van der Waals surface area (Å²) in [5, 5.41) is 13.5. The Bertz CT molecular complexity index is 1310. The fraction of sp³-hybridized carbons (Fsp3) is 0.190. The van der Waals surface area contributed by atoms with Gasteiger partial charge in [-0.2, -0.15) is 9.61 Å². The number of halogens is 1. The summed E-state index contributed by atoms with van der Waals surface area (Å²) < 4.78 is 47.2. The van der Waals surface area contributed by atoms with E-state index in [4.69, 9.17) is 4.74 Å². The topological polar surface area (TPSA) is 98.5 Å². The molecule has 2 aromatic carbocycles. The van der Waals surface area contributed by atoms with Crippen molar-refractivity contribution in [1.29, 1.82) is 0 Å². The summed E-state index contributed by atoms with van der Waals surface area (Å²) in [7, 11) is -2.14. The Balaban J connectivity index is 1.40. The van der Waals surface area contributed by atoms with E-state index in [0.717, 1.165) is 10.6 Å². The molecule has 0 fully saturated rings. The normalized spacial score (nSPS) is 11.7. The van der Waals surface area contributed by atoms with Crippen molar-refractivity contribution in [1.82, 2.24) is 24.5 Å². The molecular weight excluding hydrogens is 453 g/mol. The number of rotatable bonds is 9. The molecule has 1 N–H and O–H groups in total. The predicted octanol–water partition coefficient (Wildman–Crippen LogP) is 3.09. The minimum absolute atomic E-state index is 0.143. The average Bonchev–Trinajstić information content (AvgIpc) is 3.21. The first-order valence-electron chi connectivity index (χ1n) is 9.67. The van der Waals surface area contributed by atoms with E-state index in [1.807, 2.05) is 6.07 Å². The van der Waals surface area contributed by atoms with Crippen LogP contribution in [0.5, 0.6) is 5.75 Å². The van der Waals surface area contributed by atoms with Gasteiger partial charge in [-0.05, 0) is 54.1 Å². The Morgan fingerprint density at radius 1 is 1.03 bits per heavy atom. The highest BCUT2D eigenvalue weighted by Gasteiger charge is 2.15. The first-order valence-corrected chi connectivity index (χ1v) is 12.1. The van der Waals surface area contributed by atoms with Gasteiger partial charge in [0.25, 0.3) is 0 Å². The first kappa shape index (κ1) is 22.2. The van der Waals surface area contributed by atoms with Crippen LogP contribution in [0.1, 0.15) is 11.4 Å². The Morgan fingerprint density at radius 3 is 2.50 bits per heavy atom. The average molecular weight is 474 g/mol. The quantitative estimate of drug-likeness (QED) is 0.373. The molecule has 0 aliphatic carbocycles. The van der Waals surface area contributed by atoms with Crippen LogP contribution in [0.2, 0.25) is 0 Å². The molecule has 0 saturated heterocycles. The van der Waals surface area contributed by atoms with Crippen molar-refractivity contribution in [2.75, 3.05) is 13.7 Å². The predicted molar refractivity (Wildman–Crippen MR) is 119 cm³/mol. The second-order valence-electron chi connectivity index (χ2n) is 6.80. The third kappa shape index (κ3) is 5.23. The monoisotopic (exact) mass is 473 g/mol. The molecule has 0 radical (unpaired) electrons. The van der Waals surface area contributed by atoms with Crippen LogP contribution >= 0.6 is 11.8 Å². The SMILES string of the molecule is COc1ccc(S(=O)(=O)NCCc2nnc3ccc(SCc4ccc(F)cc4)nn23)cc1. The number of nitrogens with zero attached hydrogens (tertiary/aromatic N) is 4. The molecule has 0 spiro atoms. The molecule has 4 aromatic rings. The number of methoxy groups -OCH3 is 1. The van der Waals surface area contributed by atoms with Crippen LogP contribution in [-0.2, 0) is 22.2 Å². The van der Waals surface area contributed by atoms with Gasteiger partial charge in [-0.15, -0.1) is 10.2 Å². The van der Waals surface area contributed by atoms with Crippen LogP contribution < -0.4 is 9.46 Å². The zero-order valence-electron chi connectivity index (χ0n) is 17.1. The number of hydrogen-bond donors (Lipinski definition) is 1. The lowest BCUT2D eigenvalue weighted by atomic mass is 10.2. The van der Waals surface area contributed by atoms with Gasteiger partial charge in [-0.3, -0.25) is 0 Å². The Morgan fingerprint density at radius 2 is 1.78 bits per heavy atom. The third-order valence-electron chi connectivity index (χ3n) is 4.61. The molecular formula is C21H20FN5O3S2. The maximum absolute atomic E-state index is 13.1. The summed E-state index contributed by atoms with van der Waals surface area (Å²) in [6.07, 6.45) is 0.315. The minimum atomic E-state index is -3.66. The highest BCUT2D eigenvalue weighted by molar-refractivity contribution is 7.98. The highest BCUT2D eigenvalue weighted by atomic mass is 32.2. The van der Waals surface area contributed by atoms with E-state index in [-0.39, 0.29) is 17.3 Å². The minimum Gasteiger partial charge on any atom is -0.497 e. The van der Waals surface area contributed by atoms with E-state index in [0.29, 0.717) is 29.4 Å². The number of benzene rings is 2. The summed E-state index contributed by atoms with van der Waals surface area (Å²) in [6, 6.07) is 16.1. The number of hydrogen-bond acceptors (Lipinski definition) is 7. The van der Waals surface area contributed by atoms with Gasteiger partial charge < -0.3 is 4.74 Å². The van der Waals surface area contributed by atoms with Crippen molar-refractivity contribution < 1.29 is 17.5 Å². The van der Waals surface area contributed by atoms with Gasteiger partial charge in [-0.25, -0.2) is 17.5 Å². The summed E-state index contributed by atoms with van der Waals surface area (Å²) >= 11 is 1.50. The lowest BCUT2D eigenvalue weighted by Gasteiger charge is -2.07. The molecule has 8 nitrogen and oxygen atoms in total. The van der Waals surface area contributed by atoms with Crippen molar-refractivity contribution in [3.8, 4) is 5.75 Å². The standard InChI is InChI=1S/C21H20FN5O3S2/c1-30-17-6-8-18(9-7-17)32(28,29)23-13-12-20-25-24-19-10-11-21(26-27(19)20)31-14-15-2-4-16(22)5-3-15/h2-11,23H,12-14H2,1H3. The van der Waals surface area contributed by atoms with E-state index in [1.54, 1.807) is 34.8 Å². The molecule has 2 aromatic heterocycles. The molecule has 32 heavy (non-hydrogen) atoms. The summed E-state index contributed by atoms with van der Waals surface area (Å²) in [5.41, 5.74) is 1.55. The highest BCUT2D eigenvalue weighted by Crippen LogP contribution is 2.21. The number of fused-ring (bicyclic) bond motifs is 1. The van der Waals surface area contributed by atoms with Gasteiger partial charge in [0.2, 0.25) is 10.0 Å². The number of sulfonamides is 1. The summed E-state index contributed by atoms with van der Waals surface area (Å²) in [4.78, 5) is 0.155. The van der Waals surface area contributed by atoms with Crippen LogP contribution in [0.15, 0.2) is 70.6 Å². The Kier molecular flexibility index (Phi) is 6.68. The van der Waals surface area contributed by atoms with Crippen molar-refractivity contribution in [2.24, 2.45) is 0 Å². The second-order valence-corrected chi connectivity index (χ2v) is 9.56. The zero-order chi connectivity index (χ0) is 22.6. The lowest BCUT2D eigenvalue weighted by Crippen LogP contribution is -2.26. The molecule has 166 valence electrons. The number of thioether (sulfide) groups is 1. The smallest absolute Gasteiger partial charge is 0.240 e. The molecule has 4 rings (SSSR count). The van der Waals surface area contributed by atoms with E-state index < -0.39 is 10.0 Å². The van der Waals surface area contributed by atoms with Crippen molar-refractivity contribution in [3.63, 3.8) is 0 Å². The van der Waals surface area contributed by atoms with Crippen molar-refractivity contribution >= 4 is 27.4 Å². The van der Waals surface area contributed by atoms with Gasteiger partial charge in [0, 0.05) is 18.7 Å². The van der Waals surface area contributed by atoms with Crippen LogP contribution in [0.3, 0.4) is 0 Å². The number of nitrogens with one attached hydrogen (secondary N) is 1. The maximum atomic E-state index is 13.1. The first-order chi connectivity index (χ1) is 15.4. The molecule has 0 saturated carbocycles. The zero-order valence-corrected chi connectivity index (χ0v) is 18.7. The van der Waals surface area contributed by atoms with Crippen molar-refractivity contribution in [3.05, 3.63) is 77.9 Å². The van der Waals surface area contributed by atoms with Crippen LogP contribution in [0, 0.1) is 5.82 Å². The van der Waals surface area contributed by atoms with E-state index in [9.17, 15) is 12.8 Å². The third-order valence-corrected chi connectivity index (χ3v) is 7.08. The molecule has 11 heteroatoms. The summed E-state index contributed by atoms with van der Waals surface area (Å²) in [6.45, 7) is 0.143. The van der Waals surface area contributed by atoms with Crippen LogP contribution in [-0.4, -0.2) is 41.9 Å². The fourth-order valence-electron chi connectivity index (χ4n) is 2.92. The molecule has 0 unspecified atom stereocenters. The second kappa shape index (κ2) is 9.63. The molecule has 0 aliphatic heterocycles. The lowest BCUT2D eigenvalue weighted by molar-refractivity contribution is 0.414. The largest absolute Gasteiger partial charge is 0.497 e. The van der Waals surface area contributed by atoms with E-state index >= 15 is 0 Å². The van der Waals surface area contributed by atoms with Crippen LogP contribution in [0.25, 0.3) is 5.65 Å². The number of ether oxygens (including phenoxy) is 1. The fourth-order valence-corrected chi connectivity index (χ4v) is 4.77. The van der Waals surface area contributed by atoms with Gasteiger partial charge in [-0.1, -0.05) is 23.9 Å². The molecule has 0 amide bonds. The van der Waals surface area contributed by atoms with Crippen molar-refractivity contribution in [2.45, 2.75) is 22.1 Å².